The molecule has 19 heavy (non-hydrogen) atoms. The lowest BCUT2D eigenvalue weighted by Gasteiger charge is -2.25. The zero-order valence-electron chi connectivity index (χ0n) is 12.3. The van der Waals surface area contributed by atoms with E-state index in [1.807, 2.05) is 12.1 Å². The van der Waals surface area contributed by atoms with Crippen LogP contribution in [0.2, 0.25) is 0 Å². The minimum atomic E-state index is 0.708. The van der Waals surface area contributed by atoms with E-state index < -0.39 is 0 Å². The third kappa shape index (κ3) is 3.21. The molecule has 1 aromatic carbocycles. The molecule has 1 aliphatic heterocycles. The van der Waals surface area contributed by atoms with Gasteiger partial charge in [-0.1, -0.05) is 6.92 Å². The van der Waals surface area contributed by atoms with Crippen molar-refractivity contribution in [2.45, 2.75) is 32.6 Å². The van der Waals surface area contributed by atoms with Crippen molar-refractivity contribution in [3.63, 3.8) is 0 Å². The normalized spacial score (nSPS) is 19.2. The molecule has 1 saturated heterocycles. The fourth-order valence-electron chi connectivity index (χ4n) is 3.03. The van der Waals surface area contributed by atoms with E-state index in [-0.39, 0.29) is 0 Å². The predicted octanol–water partition coefficient (Wildman–Crippen LogP) is 2.81. The van der Waals surface area contributed by atoms with Crippen LogP contribution in [0.3, 0.4) is 0 Å². The fraction of sp³-hybridized carbons (Fsp3) is 0.625. The summed E-state index contributed by atoms with van der Waals surface area (Å²) in [5, 5.41) is 3.49. The third-order valence-electron chi connectivity index (χ3n) is 4.03. The van der Waals surface area contributed by atoms with Crippen LogP contribution in [0.15, 0.2) is 12.1 Å². The zero-order valence-corrected chi connectivity index (χ0v) is 12.3. The first-order chi connectivity index (χ1) is 9.30. The molecule has 3 nitrogen and oxygen atoms in total. The van der Waals surface area contributed by atoms with E-state index in [0.29, 0.717) is 5.92 Å². The van der Waals surface area contributed by atoms with Gasteiger partial charge in [0.05, 0.1) is 14.2 Å². The Morgan fingerprint density at radius 1 is 1.16 bits per heavy atom. The van der Waals surface area contributed by atoms with E-state index in [4.69, 9.17) is 9.47 Å². The minimum Gasteiger partial charge on any atom is -0.496 e. The number of rotatable bonds is 5. The van der Waals surface area contributed by atoms with Crippen molar-refractivity contribution in [2.24, 2.45) is 5.92 Å². The Morgan fingerprint density at radius 3 is 2.37 bits per heavy atom. The van der Waals surface area contributed by atoms with Gasteiger partial charge >= 0.3 is 0 Å². The van der Waals surface area contributed by atoms with E-state index >= 15 is 0 Å². The van der Waals surface area contributed by atoms with Crippen molar-refractivity contribution < 1.29 is 9.47 Å². The average Bonchev–Trinajstić information content (AvgIpc) is 2.47. The molecule has 1 fully saturated rings. The summed E-state index contributed by atoms with van der Waals surface area (Å²) in [5.74, 6) is 2.70. The second kappa shape index (κ2) is 6.80. The van der Waals surface area contributed by atoms with E-state index in [0.717, 1.165) is 37.4 Å². The molecular formula is C16H25NO2. The molecule has 106 valence electrons. The summed E-state index contributed by atoms with van der Waals surface area (Å²) < 4.78 is 11.0. The topological polar surface area (TPSA) is 30.5 Å². The summed E-state index contributed by atoms with van der Waals surface area (Å²) in [7, 11) is 3.50. The summed E-state index contributed by atoms with van der Waals surface area (Å²) in [4.78, 5) is 0. The van der Waals surface area contributed by atoms with Crippen LogP contribution in [0.1, 0.15) is 30.9 Å². The smallest absolute Gasteiger partial charge is 0.122 e. The van der Waals surface area contributed by atoms with Gasteiger partial charge in [-0.2, -0.15) is 0 Å². The molecule has 1 unspecified atom stereocenters. The number of hydrogen-bond acceptors (Lipinski definition) is 3. The van der Waals surface area contributed by atoms with E-state index in [2.05, 4.69) is 12.2 Å². The van der Waals surface area contributed by atoms with E-state index in [1.165, 1.54) is 24.0 Å². The highest BCUT2D eigenvalue weighted by atomic mass is 16.5. The molecule has 1 heterocycles. The molecule has 0 aromatic heterocycles. The first-order valence-corrected chi connectivity index (χ1v) is 7.23. The molecule has 1 aliphatic rings. The second-order valence-electron chi connectivity index (χ2n) is 5.20. The number of nitrogens with one attached hydrogen (secondary N) is 1. The van der Waals surface area contributed by atoms with Crippen LogP contribution in [-0.4, -0.2) is 27.3 Å². The third-order valence-corrected chi connectivity index (χ3v) is 4.03. The number of methoxy groups -OCH3 is 2. The Kier molecular flexibility index (Phi) is 5.08. The number of hydrogen-bond donors (Lipinski definition) is 1. The first kappa shape index (κ1) is 14.2. The lowest BCUT2D eigenvalue weighted by Crippen LogP contribution is -2.31. The van der Waals surface area contributed by atoms with Crippen LogP contribution in [0, 0.1) is 5.92 Å². The van der Waals surface area contributed by atoms with Crippen molar-refractivity contribution in [1.82, 2.24) is 5.32 Å². The van der Waals surface area contributed by atoms with Crippen molar-refractivity contribution in [3.05, 3.63) is 23.3 Å². The Labute approximate surface area is 116 Å². The first-order valence-electron chi connectivity index (χ1n) is 7.23. The van der Waals surface area contributed by atoms with Crippen molar-refractivity contribution in [1.29, 1.82) is 0 Å². The standard InChI is InChI=1S/C16H25NO2/c1-4-13-14(10-12-6-5-9-17-11-12)16(19-3)8-7-15(13)18-2/h7-8,12,17H,4-6,9-11H2,1-3H3. The summed E-state index contributed by atoms with van der Waals surface area (Å²) in [5.41, 5.74) is 2.63. The highest BCUT2D eigenvalue weighted by molar-refractivity contribution is 5.49. The lowest BCUT2D eigenvalue weighted by molar-refractivity contribution is 0.359. The maximum atomic E-state index is 5.55. The highest BCUT2D eigenvalue weighted by Crippen LogP contribution is 2.33. The summed E-state index contributed by atoms with van der Waals surface area (Å²) in [6, 6.07) is 4.05. The van der Waals surface area contributed by atoms with Gasteiger partial charge in [0.2, 0.25) is 0 Å². The molecule has 1 atom stereocenters. The molecule has 0 spiro atoms. The maximum absolute atomic E-state index is 5.55. The van der Waals surface area contributed by atoms with Crippen LogP contribution in [-0.2, 0) is 12.8 Å². The van der Waals surface area contributed by atoms with Crippen LogP contribution in [0.25, 0.3) is 0 Å². The quantitative estimate of drug-likeness (QED) is 0.886. The van der Waals surface area contributed by atoms with Crippen molar-refractivity contribution >= 4 is 0 Å². The largest absolute Gasteiger partial charge is 0.496 e. The molecule has 3 heteroatoms. The van der Waals surface area contributed by atoms with Crippen LogP contribution < -0.4 is 14.8 Å². The number of piperidine rings is 1. The van der Waals surface area contributed by atoms with Crippen LogP contribution in [0.5, 0.6) is 11.5 Å². The fourth-order valence-corrected chi connectivity index (χ4v) is 3.03. The van der Waals surface area contributed by atoms with Gasteiger partial charge in [-0.15, -0.1) is 0 Å². The zero-order chi connectivity index (χ0) is 13.7. The molecular weight excluding hydrogens is 238 g/mol. The summed E-state index contributed by atoms with van der Waals surface area (Å²) in [6.07, 6.45) is 4.64. The van der Waals surface area contributed by atoms with Crippen molar-refractivity contribution in [2.75, 3.05) is 27.3 Å². The van der Waals surface area contributed by atoms with Gasteiger partial charge in [0, 0.05) is 11.1 Å². The number of ether oxygens (including phenoxy) is 2. The second-order valence-corrected chi connectivity index (χ2v) is 5.20. The molecule has 0 saturated carbocycles. The molecule has 0 bridgehead atoms. The molecule has 2 rings (SSSR count). The van der Waals surface area contributed by atoms with Crippen molar-refractivity contribution in [3.8, 4) is 11.5 Å². The lowest BCUT2D eigenvalue weighted by atomic mass is 9.88. The predicted molar refractivity (Wildman–Crippen MR) is 78.2 cm³/mol. The van der Waals surface area contributed by atoms with Crippen LogP contribution >= 0.6 is 0 Å². The van der Waals surface area contributed by atoms with Gasteiger partial charge in [0.15, 0.2) is 0 Å². The average molecular weight is 263 g/mol. The van der Waals surface area contributed by atoms with Gasteiger partial charge in [0.25, 0.3) is 0 Å². The van der Waals surface area contributed by atoms with Crippen LogP contribution in [0.4, 0.5) is 0 Å². The Bertz CT molecular complexity index is 411. The Hall–Kier alpha value is -1.22. The molecule has 0 amide bonds. The molecule has 0 aliphatic carbocycles. The van der Waals surface area contributed by atoms with Gasteiger partial charge in [0.1, 0.15) is 11.5 Å². The summed E-state index contributed by atoms with van der Waals surface area (Å²) >= 11 is 0. The SMILES string of the molecule is CCc1c(OC)ccc(OC)c1CC1CCCNC1. The summed E-state index contributed by atoms with van der Waals surface area (Å²) in [6.45, 7) is 4.45. The van der Waals surface area contributed by atoms with E-state index in [1.54, 1.807) is 14.2 Å². The molecule has 1 N–H and O–H groups in total. The monoisotopic (exact) mass is 263 g/mol. The Morgan fingerprint density at radius 2 is 1.84 bits per heavy atom. The van der Waals surface area contributed by atoms with Gasteiger partial charge in [-0.25, -0.2) is 0 Å². The maximum Gasteiger partial charge on any atom is 0.122 e. The van der Waals surface area contributed by atoms with Gasteiger partial charge < -0.3 is 14.8 Å². The minimum absolute atomic E-state index is 0.708. The number of benzene rings is 1. The van der Waals surface area contributed by atoms with E-state index in [9.17, 15) is 0 Å². The molecule has 0 radical (unpaired) electrons. The highest BCUT2D eigenvalue weighted by Gasteiger charge is 2.19. The Balaban J connectivity index is 2.28. The van der Waals surface area contributed by atoms with Gasteiger partial charge in [-0.05, 0) is 56.8 Å². The molecule has 1 aromatic rings. The van der Waals surface area contributed by atoms with Gasteiger partial charge in [-0.3, -0.25) is 0 Å².